The number of hydrogen-bond acceptors (Lipinski definition) is 6. The number of ether oxygens (including phenoxy) is 1. The molecule has 7 nitrogen and oxygen atoms in total. The van der Waals surface area contributed by atoms with Gasteiger partial charge in [-0.2, -0.15) is 5.10 Å². The third-order valence-corrected chi connectivity index (χ3v) is 6.78. The predicted octanol–water partition coefficient (Wildman–Crippen LogP) is 4.13. The molecule has 0 aliphatic carbocycles. The van der Waals surface area contributed by atoms with Gasteiger partial charge in [-0.05, 0) is 69.6 Å². The van der Waals surface area contributed by atoms with E-state index in [2.05, 4.69) is 44.7 Å². The van der Waals surface area contributed by atoms with Crippen LogP contribution in [0.1, 0.15) is 50.8 Å². The van der Waals surface area contributed by atoms with Gasteiger partial charge in [-0.15, -0.1) is 0 Å². The Balaban J connectivity index is 1.45. The van der Waals surface area contributed by atoms with Crippen LogP contribution in [-0.4, -0.2) is 50.5 Å². The number of anilines is 1. The lowest BCUT2D eigenvalue weighted by Crippen LogP contribution is -2.31. The van der Waals surface area contributed by atoms with Crippen molar-refractivity contribution in [3.8, 4) is 28.7 Å². The summed E-state index contributed by atoms with van der Waals surface area (Å²) in [7, 11) is 2.16. The molecular weight excluding hydrogens is 438 g/mol. The van der Waals surface area contributed by atoms with E-state index in [9.17, 15) is 5.11 Å². The van der Waals surface area contributed by atoms with Crippen molar-refractivity contribution in [1.82, 2.24) is 19.7 Å². The zero-order chi connectivity index (χ0) is 25.0. The Hall–Kier alpha value is -3.34. The van der Waals surface area contributed by atoms with E-state index in [0.717, 1.165) is 48.2 Å². The summed E-state index contributed by atoms with van der Waals surface area (Å²) >= 11 is 0. The molecule has 1 atom stereocenters. The molecule has 3 aromatic rings. The number of aromatic nitrogens is 3. The Morgan fingerprint density at radius 1 is 1.20 bits per heavy atom. The lowest BCUT2D eigenvalue weighted by molar-refractivity contribution is 0.0726. The van der Waals surface area contributed by atoms with Crippen molar-refractivity contribution in [3.63, 3.8) is 0 Å². The highest BCUT2D eigenvalue weighted by Crippen LogP contribution is 2.29. The normalized spacial score (nSPS) is 16.5. The van der Waals surface area contributed by atoms with Crippen LogP contribution < -0.4 is 10.5 Å². The van der Waals surface area contributed by atoms with E-state index in [1.54, 1.807) is 13.1 Å². The molecule has 2 aromatic heterocycles. The highest BCUT2D eigenvalue weighted by molar-refractivity contribution is 5.65. The molecule has 0 radical (unpaired) electrons. The van der Waals surface area contributed by atoms with Crippen molar-refractivity contribution in [1.29, 1.82) is 0 Å². The topological polar surface area (TPSA) is 89.4 Å². The zero-order valence-corrected chi connectivity index (χ0v) is 21.0. The number of nitrogens with zero attached hydrogens (tertiary/aromatic N) is 4. The van der Waals surface area contributed by atoms with Gasteiger partial charge >= 0.3 is 0 Å². The number of pyridine rings is 1. The van der Waals surface area contributed by atoms with Crippen LogP contribution in [0.3, 0.4) is 0 Å². The second-order valence-electron chi connectivity index (χ2n) is 9.89. The molecule has 0 bridgehead atoms. The molecule has 3 heterocycles. The third kappa shape index (κ3) is 6.21. The van der Waals surface area contributed by atoms with Crippen LogP contribution in [0.15, 0.2) is 48.9 Å². The Bertz CT molecular complexity index is 1210. The smallest absolute Gasteiger partial charge is 0.166 e. The molecule has 3 N–H and O–H groups in total. The Morgan fingerprint density at radius 3 is 2.71 bits per heavy atom. The minimum Gasteiger partial charge on any atom is -0.485 e. The van der Waals surface area contributed by atoms with Gasteiger partial charge in [0.05, 0.1) is 12.2 Å². The number of likely N-dealkylation sites (tertiary alicyclic amines) is 1. The molecule has 184 valence electrons. The second-order valence-corrected chi connectivity index (χ2v) is 9.89. The molecule has 35 heavy (non-hydrogen) atoms. The number of benzene rings is 1. The molecule has 1 aromatic carbocycles. The quantitative estimate of drug-likeness (QED) is 0.523. The summed E-state index contributed by atoms with van der Waals surface area (Å²) in [6.07, 6.45) is 7.93. The van der Waals surface area contributed by atoms with Crippen LogP contribution in [-0.2, 0) is 6.61 Å². The summed E-state index contributed by atoms with van der Waals surface area (Å²) in [6, 6.07) is 10.1. The van der Waals surface area contributed by atoms with Gasteiger partial charge in [-0.3, -0.25) is 4.68 Å². The molecule has 1 aliphatic rings. The van der Waals surface area contributed by atoms with Gasteiger partial charge in [0.2, 0.25) is 0 Å². The van der Waals surface area contributed by atoms with E-state index in [1.807, 2.05) is 50.4 Å². The van der Waals surface area contributed by atoms with Crippen LogP contribution in [0.25, 0.3) is 11.1 Å². The fourth-order valence-electron chi connectivity index (χ4n) is 3.92. The molecule has 0 saturated carbocycles. The number of rotatable bonds is 6. The number of piperidine rings is 1. The second kappa shape index (κ2) is 10.5. The first-order chi connectivity index (χ1) is 16.7. The van der Waals surface area contributed by atoms with Crippen LogP contribution in [0.5, 0.6) is 5.75 Å². The lowest BCUT2D eigenvalue weighted by Gasteiger charge is -2.28. The number of nitrogen functional groups attached to an aromatic ring is 1. The van der Waals surface area contributed by atoms with Crippen LogP contribution in [0.4, 0.5) is 5.82 Å². The summed E-state index contributed by atoms with van der Waals surface area (Å²) in [5, 5.41) is 15.0. The summed E-state index contributed by atoms with van der Waals surface area (Å²) < 4.78 is 8.11. The minimum absolute atomic E-state index is 0.0424. The standard InChI is InChI=1S/C28H35N5O2/c1-20(2)28(3,34)11-8-21-6-5-7-22(14-21)19-35-26-15-23(16-30-27(26)29)24-17-31-33(18-24)25-9-12-32(4)13-10-25/h5-7,14-18,20,25,34H,9-10,12-13,19H2,1-4H3,(H2,29,30). The fraction of sp³-hybridized carbons (Fsp3) is 0.429. The third-order valence-electron chi connectivity index (χ3n) is 6.78. The first-order valence-corrected chi connectivity index (χ1v) is 12.2. The Labute approximate surface area is 207 Å². The van der Waals surface area contributed by atoms with Gasteiger partial charge in [0.1, 0.15) is 12.2 Å². The SMILES string of the molecule is CC(C)C(C)(O)C#Cc1cccc(COc2cc(-c3cnn(C4CCN(C)CC4)c3)cnc2N)c1. The molecule has 0 spiro atoms. The highest BCUT2D eigenvalue weighted by Gasteiger charge is 2.21. The van der Waals surface area contributed by atoms with Crippen molar-refractivity contribution >= 4 is 5.82 Å². The Morgan fingerprint density at radius 2 is 1.97 bits per heavy atom. The molecule has 0 amide bonds. The molecule has 1 saturated heterocycles. The van der Waals surface area contributed by atoms with Crippen molar-refractivity contribution in [2.45, 2.75) is 51.9 Å². The molecular formula is C28H35N5O2. The van der Waals surface area contributed by atoms with E-state index in [1.165, 1.54) is 0 Å². The average Bonchev–Trinajstić information content (AvgIpc) is 3.33. The van der Waals surface area contributed by atoms with E-state index in [-0.39, 0.29) is 5.92 Å². The van der Waals surface area contributed by atoms with Crippen LogP contribution >= 0.6 is 0 Å². The van der Waals surface area contributed by atoms with E-state index >= 15 is 0 Å². The molecule has 1 unspecified atom stereocenters. The summed E-state index contributed by atoms with van der Waals surface area (Å²) in [5.74, 6) is 6.96. The first-order valence-electron chi connectivity index (χ1n) is 12.2. The van der Waals surface area contributed by atoms with Gasteiger partial charge in [0, 0.05) is 29.1 Å². The van der Waals surface area contributed by atoms with Gasteiger partial charge < -0.3 is 20.5 Å². The van der Waals surface area contributed by atoms with Crippen molar-refractivity contribution in [2.24, 2.45) is 5.92 Å². The molecule has 1 fully saturated rings. The maximum Gasteiger partial charge on any atom is 0.166 e. The monoisotopic (exact) mass is 473 g/mol. The molecule has 1 aliphatic heterocycles. The van der Waals surface area contributed by atoms with Gasteiger partial charge in [0.25, 0.3) is 0 Å². The zero-order valence-electron chi connectivity index (χ0n) is 21.0. The van der Waals surface area contributed by atoms with E-state index in [4.69, 9.17) is 10.5 Å². The number of hydrogen-bond donors (Lipinski definition) is 2. The van der Waals surface area contributed by atoms with Gasteiger partial charge in [-0.25, -0.2) is 4.98 Å². The number of nitrogens with two attached hydrogens (primary N) is 1. The minimum atomic E-state index is -1.03. The fourth-order valence-corrected chi connectivity index (χ4v) is 3.92. The van der Waals surface area contributed by atoms with Crippen molar-refractivity contribution in [2.75, 3.05) is 25.9 Å². The van der Waals surface area contributed by atoms with Crippen LogP contribution in [0.2, 0.25) is 0 Å². The Kier molecular flexibility index (Phi) is 7.44. The maximum atomic E-state index is 10.4. The van der Waals surface area contributed by atoms with Crippen molar-refractivity contribution in [3.05, 3.63) is 60.0 Å². The summed E-state index contributed by atoms with van der Waals surface area (Å²) in [4.78, 5) is 6.70. The summed E-state index contributed by atoms with van der Waals surface area (Å²) in [6.45, 7) is 8.14. The van der Waals surface area contributed by atoms with Crippen LogP contribution in [0, 0.1) is 17.8 Å². The largest absolute Gasteiger partial charge is 0.485 e. The maximum absolute atomic E-state index is 10.4. The van der Waals surface area contributed by atoms with Crippen molar-refractivity contribution < 1.29 is 9.84 Å². The van der Waals surface area contributed by atoms with Gasteiger partial charge in [0.15, 0.2) is 11.6 Å². The van der Waals surface area contributed by atoms with E-state index < -0.39 is 5.60 Å². The average molecular weight is 474 g/mol. The lowest BCUT2D eigenvalue weighted by atomic mass is 9.93. The molecule has 7 heteroatoms. The summed E-state index contributed by atoms with van der Waals surface area (Å²) in [5.41, 5.74) is 8.78. The molecule has 4 rings (SSSR count). The van der Waals surface area contributed by atoms with E-state index in [0.29, 0.717) is 24.2 Å². The van der Waals surface area contributed by atoms with Gasteiger partial charge in [-0.1, -0.05) is 37.8 Å². The highest BCUT2D eigenvalue weighted by atomic mass is 16.5. The first kappa shape index (κ1) is 24.8. The number of aliphatic hydroxyl groups is 1. The predicted molar refractivity (Wildman–Crippen MR) is 139 cm³/mol.